The molecule has 1 aliphatic heterocycles. The Hall–Kier alpha value is -1.16. The molecule has 1 fully saturated rings. The number of rotatable bonds is 4. The van der Waals surface area contributed by atoms with E-state index in [4.69, 9.17) is 0 Å². The molecule has 1 aromatic heterocycles. The number of nitrogens with zero attached hydrogens (tertiary/aromatic N) is 3. The molecular formula is C17H28N4. The molecule has 0 saturated carbocycles. The molecule has 0 aromatic carbocycles. The summed E-state index contributed by atoms with van der Waals surface area (Å²) in [6.07, 6.45) is 10.6. The van der Waals surface area contributed by atoms with Crippen molar-refractivity contribution in [3.63, 3.8) is 0 Å². The number of fused-ring (bicyclic) bond motifs is 1. The lowest BCUT2D eigenvalue weighted by molar-refractivity contribution is 0.393. The van der Waals surface area contributed by atoms with Gasteiger partial charge in [0.25, 0.3) is 0 Å². The first kappa shape index (κ1) is 14.8. The van der Waals surface area contributed by atoms with Crippen LogP contribution in [0.2, 0.25) is 0 Å². The van der Waals surface area contributed by atoms with E-state index in [2.05, 4.69) is 27.1 Å². The molecule has 2 aliphatic rings. The minimum absolute atomic E-state index is 0.759. The van der Waals surface area contributed by atoms with Crippen LogP contribution >= 0.6 is 0 Å². The van der Waals surface area contributed by atoms with Crippen LogP contribution in [0.4, 0.5) is 5.82 Å². The standard InChI is InChI=1S/C17H28N4/c1-2-18-11-14-7-6-10-21(12-14)17-15-8-4-3-5-9-16(15)19-13-20-17/h13-14,18H,2-12H2,1H3. The molecule has 21 heavy (non-hydrogen) atoms. The zero-order valence-electron chi connectivity index (χ0n) is 13.3. The monoisotopic (exact) mass is 288 g/mol. The van der Waals surface area contributed by atoms with Crippen LogP contribution in [0.25, 0.3) is 0 Å². The summed E-state index contributed by atoms with van der Waals surface area (Å²) < 4.78 is 0. The average molecular weight is 288 g/mol. The quantitative estimate of drug-likeness (QED) is 0.865. The second-order valence-electron chi connectivity index (χ2n) is 6.45. The van der Waals surface area contributed by atoms with Gasteiger partial charge >= 0.3 is 0 Å². The summed E-state index contributed by atoms with van der Waals surface area (Å²) in [7, 11) is 0. The number of nitrogens with one attached hydrogen (secondary N) is 1. The van der Waals surface area contributed by atoms with Crippen LogP contribution in [-0.2, 0) is 12.8 Å². The van der Waals surface area contributed by atoms with Crippen molar-refractivity contribution in [3.05, 3.63) is 17.6 Å². The highest BCUT2D eigenvalue weighted by atomic mass is 15.2. The van der Waals surface area contributed by atoms with Gasteiger partial charge in [-0.2, -0.15) is 0 Å². The van der Waals surface area contributed by atoms with E-state index in [-0.39, 0.29) is 0 Å². The Kier molecular flexibility index (Phi) is 5.07. The predicted octanol–water partition coefficient (Wildman–Crippen LogP) is 2.57. The molecule has 0 radical (unpaired) electrons. The maximum absolute atomic E-state index is 4.67. The van der Waals surface area contributed by atoms with Crippen molar-refractivity contribution in [2.45, 2.75) is 51.9 Å². The van der Waals surface area contributed by atoms with Gasteiger partial charge in [0.05, 0.1) is 0 Å². The number of anilines is 1. The number of aromatic nitrogens is 2. The molecule has 1 saturated heterocycles. The largest absolute Gasteiger partial charge is 0.356 e. The fraction of sp³-hybridized carbons (Fsp3) is 0.765. The van der Waals surface area contributed by atoms with Crippen molar-refractivity contribution in [1.29, 1.82) is 0 Å². The topological polar surface area (TPSA) is 41.0 Å². The summed E-state index contributed by atoms with van der Waals surface area (Å²) in [5, 5.41) is 3.50. The summed E-state index contributed by atoms with van der Waals surface area (Å²) >= 11 is 0. The van der Waals surface area contributed by atoms with Gasteiger partial charge in [0.2, 0.25) is 0 Å². The van der Waals surface area contributed by atoms with Crippen molar-refractivity contribution >= 4 is 5.82 Å². The van der Waals surface area contributed by atoms with Crippen LogP contribution in [-0.4, -0.2) is 36.1 Å². The van der Waals surface area contributed by atoms with Gasteiger partial charge in [0.15, 0.2) is 0 Å². The molecule has 4 heteroatoms. The third-order valence-electron chi connectivity index (χ3n) is 4.85. The smallest absolute Gasteiger partial charge is 0.135 e. The first-order chi connectivity index (χ1) is 10.4. The van der Waals surface area contributed by atoms with E-state index in [1.54, 1.807) is 6.33 Å². The van der Waals surface area contributed by atoms with Gasteiger partial charge < -0.3 is 10.2 Å². The van der Waals surface area contributed by atoms with Crippen LogP contribution in [0.5, 0.6) is 0 Å². The molecular weight excluding hydrogens is 260 g/mol. The molecule has 1 unspecified atom stereocenters. The Morgan fingerprint density at radius 3 is 3.00 bits per heavy atom. The fourth-order valence-electron chi connectivity index (χ4n) is 3.73. The highest BCUT2D eigenvalue weighted by molar-refractivity contribution is 5.49. The van der Waals surface area contributed by atoms with E-state index in [0.29, 0.717) is 0 Å². The second kappa shape index (κ2) is 7.21. The van der Waals surface area contributed by atoms with Crippen molar-refractivity contribution in [2.24, 2.45) is 5.92 Å². The molecule has 1 aliphatic carbocycles. The molecule has 0 bridgehead atoms. The molecule has 4 nitrogen and oxygen atoms in total. The minimum atomic E-state index is 0.759. The molecule has 116 valence electrons. The van der Waals surface area contributed by atoms with Gasteiger partial charge in [-0.05, 0) is 57.5 Å². The van der Waals surface area contributed by atoms with Crippen molar-refractivity contribution in [3.8, 4) is 0 Å². The van der Waals surface area contributed by atoms with E-state index in [0.717, 1.165) is 38.5 Å². The van der Waals surface area contributed by atoms with Crippen LogP contribution in [0.15, 0.2) is 6.33 Å². The molecule has 2 heterocycles. The highest BCUT2D eigenvalue weighted by Gasteiger charge is 2.24. The Balaban J connectivity index is 1.76. The van der Waals surface area contributed by atoms with E-state index in [1.165, 1.54) is 55.6 Å². The number of aryl methyl sites for hydroxylation is 1. The van der Waals surface area contributed by atoms with Crippen molar-refractivity contribution < 1.29 is 0 Å². The molecule has 1 aromatic rings. The van der Waals surface area contributed by atoms with Gasteiger partial charge in [-0.3, -0.25) is 0 Å². The van der Waals surface area contributed by atoms with Gasteiger partial charge in [0.1, 0.15) is 12.1 Å². The maximum Gasteiger partial charge on any atom is 0.135 e. The lowest BCUT2D eigenvalue weighted by Crippen LogP contribution is -2.40. The van der Waals surface area contributed by atoms with Gasteiger partial charge in [-0.1, -0.05) is 13.3 Å². The summed E-state index contributed by atoms with van der Waals surface area (Å²) in [6.45, 7) is 6.70. The Labute approximate surface area is 128 Å². The van der Waals surface area contributed by atoms with Gasteiger partial charge in [-0.15, -0.1) is 0 Å². The van der Waals surface area contributed by atoms with Crippen LogP contribution in [0.3, 0.4) is 0 Å². The Bertz CT molecular complexity index is 460. The summed E-state index contributed by atoms with van der Waals surface area (Å²) in [5.41, 5.74) is 2.76. The van der Waals surface area contributed by atoms with Crippen LogP contribution in [0.1, 0.15) is 50.3 Å². The van der Waals surface area contributed by atoms with Crippen molar-refractivity contribution in [2.75, 3.05) is 31.1 Å². The van der Waals surface area contributed by atoms with E-state index >= 15 is 0 Å². The van der Waals surface area contributed by atoms with E-state index < -0.39 is 0 Å². The first-order valence-corrected chi connectivity index (χ1v) is 8.67. The zero-order valence-corrected chi connectivity index (χ0v) is 13.3. The van der Waals surface area contributed by atoms with Crippen LogP contribution in [0, 0.1) is 5.92 Å². The van der Waals surface area contributed by atoms with Crippen LogP contribution < -0.4 is 10.2 Å². The third kappa shape index (κ3) is 3.54. The minimum Gasteiger partial charge on any atom is -0.356 e. The highest BCUT2D eigenvalue weighted by Crippen LogP contribution is 2.29. The number of hydrogen-bond donors (Lipinski definition) is 1. The van der Waals surface area contributed by atoms with Gasteiger partial charge in [-0.25, -0.2) is 9.97 Å². The zero-order chi connectivity index (χ0) is 14.5. The molecule has 1 atom stereocenters. The van der Waals surface area contributed by atoms with Crippen molar-refractivity contribution in [1.82, 2.24) is 15.3 Å². The predicted molar refractivity (Wildman–Crippen MR) is 86.8 cm³/mol. The lowest BCUT2D eigenvalue weighted by atomic mass is 9.97. The third-order valence-corrected chi connectivity index (χ3v) is 4.85. The van der Waals surface area contributed by atoms with E-state index in [1.807, 2.05) is 0 Å². The Morgan fingerprint density at radius 2 is 2.10 bits per heavy atom. The molecule has 0 spiro atoms. The molecule has 3 rings (SSSR count). The lowest BCUT2D eigenvalue weighted by Gasteiger charge is -2.35. The van der Waals surface area contributed by atoms with E-state index in [9.17, 15) is 0 Å². The number of piperidine rings is 1. The first-order valence-electron chi connectivity index (χ1n) is 8.67. The second-order valence-corrected chi connectivity index (χ2v) is 6.45. The normalized spacial score (nSPS) is 22.7. The maximum atomic E-state index is 4.67. The van der Waals surface area contributed by atoms with Gasteiger partial charge in [0, 0.05) is 24.3 Å². The Morgan fingerprint density at radius 1 is 1.19 bits per heavy atom. The fourth-order valence-corrected chi connectivity index (χ4v) is 3.73. The number of hydrogen-bond acceptors (Lipinski definition) is 4. The molecule has 0 amide bonds. The molecule has 1 N–H and O–H groups in total. The average Bonchev–Trinajstić information content (AvgIpc) is 2.78. The summed E-state index contributed by atoms with van der Waals surface area (Å²) in [5.74, 6) is 2.00. The summed E-state index contributed by atoms with van der Waals surface area (Å²) in [4.78, 5) is 11.7. The SMILES string of the molecule is CCNCC1CCCN(c2ncnc3c2CCCCC3)C1. The summed E-state index contributed by atoms with van der Waals surface area (Å²) in [6, 6.07) is 0.